The van der Waals surface area contributed by atoms with Gasteiger partial charge in [-0.05, 0) is 69.0 Å². The molecule has 0 radical (unpaired) electrons. The highest BCUT2D eigenvalue weighted by atomic mass is 32.2. The van der Waals surface area contributed by atoms with E-state index in [0.29, 0.717) is 6.42 Å². The first-order chi connectivity index (χ1) is 20.6. The minimum absolute atomic E-state index is 0.00818. The van der Waals surface area contributed by atoms with Crippen LogP contribution in [0, 0.1) is 11.3 Å². The van der Waals surface area contributed by atoms with E-state index >= 15 is 0 Å². The number of amides is 4. The molecule has 15 heteroatoms. The van der Waals surface area contributed by atoms with Crippen molar-refractivity contribution in [3.8, 4) is 0 Å². The fourth-order valence-corrected chi connectivity index (χ4v) is 5.93. The number of likely N-dealkylation sites (tertiary alicyclic amines) is 1. The molecule has 0 bridgehead atoms. The van der Waals surface area contributed by atoms with Crippen LogP contribution in [-0.4, -0.2) is 86.8 Å². The first-order valence-corrected chi connectivity index (χ1v) is 16.1. The van der Waals surface area contributed by atoms with E-state index in [4.69, 9.17) is 0 Å². The third-order valence-electron chi connectivity index (χ3n) is 7.64. The summed E-state index contributed by atoms with van der Waals surface area (Å²) >= 11 is 0. The van der Waals surface area contributed by atoms with Crippen molar-refractivity contribution in [1.82, 2.24) is 19.8 Å². The van der Waals surface area contributed by atoms with E-state index in [1.165, 1.54) is 17.9 Å². The van der Waals surface area contributed by atoms with E-state index in [-0.39, 0.29) is 35.0 Å². The van der Waals surface area contributed by atoms with Crippen LogP contribution >= 0.6 is 0 Å². The van der Waals surface area contributed by atoms with Crippen LogP contribution < -0.4 is 15.4 Å². The highest BCUT2D eigenvalue weighted by molar-refractivity contribution is 7.90. The zero-order valence-electron chi connectivity index (χ0n) is 26.9. The Hall–Kier alpha value is -3.46. The van der Waals surface area contributed by atoms with E-state index in [1.54, 1.807) is 12.4 Å². The Morgan fingerprint density at radius 2 is 1.62 bits per heavy atom. The molecule has 0 aromatic heterocycles. The van der Waals surface area contributed by atoms with Gasteiger partial charge in [-0.15, -0.1) is 0 Å². The highest BCUT2D eigenvalue weighted by Gasteiger charge is 2.40. The number of sulfonamides is 1. The molecule has 1 fully saturated rings. The van der Waals surface area contributed by atoms with Gasteiger partial charge in [-0.2, -0.15) is 13.2 Å². The second-order valence-corrected chi connectivity index (χ2v) is 14.4. The van der Waals surface area contributed by atoms with Gasteiger partial charge in [0.05, 0.1) is 17.0 Å². The summed E-state index contributed by atoms with van der Waals surface area (Å²) in [6.45, 7) is 11.4. The predicted molar refractivity (Wildman–Crippen MR) is 163 cm³/mol. The number of rotatable bonds is 10. The number of carbonyl (C=O) groups is 4. The predicted octanol–water partition coefficient (Wildman–Crippen LogP) is 3.44. The molecule has 45 heavy (non-hydrogen) atoms. The van der Waals surface area contributed by atoms with E-state index < -0.39 is 50.4 Å². The summed E-state index contributed by atoms with van der Waals surface area (Å²) < 4.78 is 65.0. The number of hydrogen-bond donors (Lipinski definition) is 3. The number of piperidine rings is 1. The molecule has 1 heterocycles. The summed E-state index contributed by atoms with van der Waals surface area (Å²) in [5.74, 6) is -4.01. The number of hydrogen-bond acceptors (Lipinski definition) is 7. The van der Waals surface area contributed by atoms with Crippen molar-refractivity contribution in [2.24, 2.45) is 11.3 Å². The quantitative estimate of drug-likeness (QED) is 0.327. The number of nitrogens with zero attached hydrogens (tertiary/aromatic N) is 2. The van der Waals surface area contributed by atoms with Gasteiger partial charge >= 0.3 is 12.1 Å². The van der Waals surface area contributed by atoms with Gasteiger partial charge < -0.3 is 15.5 Å². The molecule has 1 aromatic carbocycles. The Morgan fingerprint density at radius 3 is 2.11 bits per heavy atom. The van der Waals surface area contributed by atoms with Crippen molar-refractivity contribution in [3.63, 3.8) is 0 Å². The van der Waals surface area contributed by atoms with Gasteiger partial charge in [0, 0.05) is 18.3 Å². The van der Waals surface area contributed by atoms with E-state index in [0.717, 1.165) is 43.7 Å². The number of carbonyl (C=O) groups excluding carboxylic acids is 4. The van der Waals surface area contributed by atoms with Crippen molar-refractivity contribution in [3.05, 3.63) is 35.9 Å². The van der Waals surface area contributed by atoms with Crippen LogP contribution in [0.4, 0.5) is 18.9 Å². The van der Waals surface area contributed by atoms with Gasteiger partial charge in [0.2, 0.25) is 11.8 Å². The van der Waals surface area contributed by atoms with E-state index in [1.807, 2.05) is 51.3 Å². The molecular weight excluding hydrogens is 615 g/mol. The molecular formula is C30H44F3N5O6S. The molecule has 0 aliphatic carbocycles. The number of halogens is 3. The van der Waals surface area contributed by atoms with Crippen molar-refractivity contribution in [1.29, 1.82) is 0 Å². The van der Waals surface area contributed by atoms with Crippen LogP contribution in [0.1, 0.15) is 60.8 Å². The third-order valence-corrected chi connectivity index (χ3v) is 8.98. The van der Waals surface area contributed by atoms with Crippen molar-refractivity contribution >= 4 is 39.3 Å². The second-order valence-electron chi connectivity index (χ2n) is 12.7. The first kappa shape index (κ1) is 37.7. The van der Waals surface area contributed by atoms with E-state index in [9.17, 15) is 40.8 Å². The number of alkyl halides is 3. The maximum Gasteiger partial charge on any atom is 0.471 e. The van der Waals surface area contributed by atoms with Gasteiger partial charge in [-0.25, -0.2) is 13.1 Å². The molecule has 252 valence electrons. The monoisotopic (exact) mass is 659 g/mol. The second kappa shape index (κ2) is 14.8. The summed E-state index contributed by atoms with van der Waals surface area (Å²) in [5.41, 5.74) is -0.946. The number of likely N-dealkylation sites (N-methyl/N-ethyl adjacent to an activating group) is 2. The lowest BCUT2D eigenvalue weighted by Gasteiger charge is -2.39. The fraction of sp³-hybridized carbons (Fsp3) is 0.600. The minimum Gasteiger partial charge on any atom is -0.342 e. The molecule has 1 saturated heterocycles. The highest BCUT2D eigenvalue weighted by Crippen LogP contribution is 2.25. The van der Waals surface area contributed by atoms with Crippen molar-refractivity contribution in [2.75, 3.05) is 26.0 Å². The summed E-state index contributed by atoms with van der Waals surface area (Å²) in [5, 5.41) is 4.55. The molecule has 1 aliphatic rings. The molecule has 3 atom stereocenters. The molecule has 11 nitrogen and oxygen atoms in total. The van der Waals surface area contributed by atoms with Crippen LogP contribution in [0.2, 0.25) is 0 Å². The van der Waals surface area contributed by atoms with Crippen LogP contribution in [0.5, 0.6) is 0 Å². The first-order valence-electron chi connectivity index (χ1n) is 14.6. The third kappa shape index (κ3) is 10.3. The summed E-state index contributed by atoms with van der Waals surface area (Å²) in [7, 11) is -1.00. The number of anilines is 1. The van der Waals surface area contributed by atoms with Crippen molar-refractivity contribution in [2.45, 2.75) is 90.0 Å². The normalized spacial score (nSPS) is 18.1. The molecule has 0 unspecified atom stereocenters. The topological polar surface area (TPSA) is 145 Å². The van der Waals surface area contributed by atoms with E-state index in [2.05, 4.69) is 5.32 Å². The van der Waals surface area contributed by atoms with Gasteiger partial charge in [0.25, 0.3) is 15.9 Å². The Morgan fingerprint density at radius 1 is 1.04 bits per heavy atom. The summed E-state index contributed by atoms with van der Waals surface area (Å²) in [6.07, 6.45) is -1.04. The molecule has 1 aromatic rings. The Labute approximate surface area is 263 Å². The number of nitrogens with one attached hydrogen (secondary N) is 3. The standard InChI is InChI=1S/C30H44F3N5O6S/c1-18(2)23(38(8)27(41)24(29(4,5)6)35-26(40)22-11-9-10-16-37(22)7)17-19(3)25(39)36-45(43,44)21-14-12-20(13-15-21)34-28(42)30(31,32)33/h12-15,17-18,22-24H,9-11,16H2,1-8H3,(H,34,42)(H,35,40)(H,36,39)/t22-,23-,24-/m1/s1. The molecule has 4 amide bonds. The average molecular weight is 660 g/mol. The number of benzene rings is 1. The molecule has 1 aliphatic heterocycles. The Balaban J connectivity index is 2.22. The van der Waals surface area contributed by atoms with Crippen LogP contribution in [0.25, 0.3) is 0 Å². The lowest BCUT2D eigenvalue weighted by atomic mass is 9.84. The fourth-order valence-electron chi connectivity index (χ4n) is 4.91. The molecule has 2 rings (SSSR count). The Kier molecular flexibility index (Phi) is 12.4. The molecule has 0 spiro atoms. The largest absolute Gasteiger partial charge is 0.471 e. The summed E-state index contributed by atoms with van der Waals surface area (Å²) in [4.78, 5) is 54.1. The van der Waals surface area contributed by atoms with Gasteiger partial charge in [0.15, 0.2) is 0 Å². The lowest BCUT2D eigenvalue weighted by molar-refractivity contribution is -0.167. The van der Waals surface area contributed by atoms with Crippen LogP contribution in [-0.2, 0) is 29.2 Å². The summed E-state index contributed by atoms with van der Waals surface area (Å²) in [6, 6.07) is 1.92. The van der Waals surface area contributed by atoms with Gasteiger partial charge in [0.1, 0.15) is 6.04 Å². The van der Waals surface area contributed by atoms with Crippen molar-refractivity contribution < 1.29 is 40.8 Å². The van der Waals surface area contributed by atoms with Crippen LogP contribution in [0.3, 0.4) is 0 Å². The zero-order chi connectivity index (χ0) is 34.5. The Bertz CT molecular complexity index is 1390. The lowest BCUT2D eigenvalue weighted by Crippen LogP contribution is -2.59. The molecule has 3 N–H and O–H groups in total. The maximum absolute atomic E-state index is 13.8. The molecule has 0 saturated carbocycles. The average Bonchev–Trinajstić information content (AvgIpc) is 2.92. The van der Waals surface area contributed by atoms with Gasteiger partial charge in [-0.3, -0.25) is 24.1 Å². The maximum atomic E-state index is 13.8. The van der Waals surface area contributed by atoms with Gasteiger partial charge in [-0.1, -0.05) is 47.1 Å². The SMILES string of the molecule is CC(=C[C@H](C(C)C)N(C)C(=O)[C@@H](NC(=O)[C@H]1CCCCN1C)C(C)(C)C)C(=O)NS(=O)(=O)c1ccc(NC(=O)C(F)(F)F)cc1. The van der Waals surface area contributed by atoms with Crippen LogP contribution in [0.15, 0.2) is 40.8 Å². The smallest absolute Gasteiger partial charge is 0.342 e. The minimum atomic E-state index is -5.12. The zero-order valence-corrected chi connectivity index (χ0v) is 27.7.